The molecule has 146 valence electrons. The molecule has 0 atom stereocenters. The summed E-state index contributed by atoms with van der Waals surface area (Å²) in [7, 11) is 1.51. The van der Waals surface area contributed by atoms with Gasteiger partial charge in [0.1, 0.15) is 5.69 Å². The molecule has 0 fully saturated rings. The molecule has 0 amide bonds. The Morgan fingerprint density at radius 2 is 2.00 bits per heavy atom. The molecule has 4 aromatic rings. The first-order valence-corrected chi connectivity index (χ1v) is 9.83. The standard InChI is InChI=1S/C22H19N3O3S/c1-27-21-10-9-17(12-19(21)26)14-24-25-18(20-8-5-11-28-20)15-29-22(25)23-13-16-6-3-2-4-7-16/h2-12,14-15,26H,13H2,1H3. The molecule has 0 aliphatic carbocycles. The molecule has 2 aromatic heterocycles. The number of nitrogens with zero attached hydrogens (tertiary/aromatic N) is 3. The molecule has 0 radical (unpaired) electrons. The minimum Gasteiger partial charge on any atom is -0.504 e. The van der Waals surface area contributed by atoms with E-state index in [0.717, 1.165) is 21.6 Å². The number of furan rings is 1. The molecular formula is C22H19N3O3S. The van der Waals surface area contributed by atoms with Crippen molar-refractivity contribution >= 4 is 17.6 Å². The summed E-state index contributed by atoms with van der Waals surface area (Å²) in [4.78, 5) is 5.47. The quantitative estimate of drug-likeness (QED) is 0.480. The van der Waals surface area contributed by atoms with Gasteiger partial charge in [0, 0.05) is 5.38 Å². The van der Waals surface area contributed by atoms with Crippen LogP contribution in [0.1, 0.15) is 11.1 Å². The number of aromatic nitrogens is 1. The molecule has 4 rings (SSSR count). The summed E-state index contributed by atoms with van der Waals surface area (Å²) >= 11 is 1.49. The summed E-state index contributed by atoms with van der Waals surface area (Å²) in [6.45, 7) is 0.553. The first-order chi connectivity index (χ1) is 14.2. The second kappa shape index (κ2) is 8.62. The number of rotatable bonds is 6. The van der Waals surface area contributed by atoms with Gasteiger partial charge in [-0.2, -0.15) is 5.10 Å². The Hall–Kier alpha value is -3.58. The lowest BCUT2D eigenvalue weighted by Crippen LogP contribution is -2.12. The number of aromatic hydroxyl groups is 1. The average molecular weight is 405 g/mol. The topological polar surface area (TPSA) is 72.2 Å². The lowest BCUT2D eigenvalue weighted by atomic mass is 10.2. The first-order valence-electron chi connectivity index (χ1n) is 8.95. The van der Waals surface area contributed by atoms with Crippen molar-refractivity contribution in [2.24, 2.45) is 10.1 Å². The third-order valence-electron chi connectivity index (χ3n) is 4.22. The second-order valence-corrected chi connectivity index (χ2v) is 7.01. The third kappa shape index (κ3) is 4.30. The van der Waals surface area contributed by atoms with Gasteiger partial charge in [0.2, 0.25) is 4.80 Å². The maximum absolute atomic E-state index is 9.99. The monoisotopic (exact) mass is 405 g/mol. The maximum Gasteiger partial charge on any atom is 0.206 e. The highest BCUT2D eigenvalue weighted by molar-refractivity contribution is 7.07. The van der Waals surface area contributed by atoms with Crippen LogP contribution >= 0.6 is 11.3 Å². The highest BCUT2D eigenvalue weighted by Gasteiger charge is 2.10. The van der Waals surface area contributed by atoms with E-state index in [-0.39, 0.29) is 5.75 Å². The summed E-state index contributed by atoms with van der Waals surface area (Å²) < 4.78 is 12.4. The number of methoxy groups -OCH3 is 1. The van der Waals surface area contributed by atoms with E-state index in [1.807, 2.05) is 53.9 Å². The predicted molar refractivity (Wildman–Crippen MR) is 113 cm³/mol. The Morgan fingerprint density at radius 1 is 1.14 bits per heavy atom. The Morgan fingerprint density at radius 3 is 2.72 bits per heavy atom. The smallest absolute Gasteiger partial charge is 0.206 e. The van der Waals surface area contributed by atoms with Crippen LogP contribution in [0, 0.1) is 0 Å². The molecule has 0 saturated heterocycles. The van der Waals surface area contributed by atoms with Gasteiger partial charge in [-0.25, -0.2) is 4.68 Å². The number of ether oxygens (including phenoxy) is 1. The van der Waals surface area contributed by atoms with Crippen molar-refractivity contribution in [2.75, 3.05) is 7.11 Å². The Balaban J connectivity index is 1.71. The molecule has 0 aliphatic heterocycles. The maximum atomic E-state index is 9.99. The van der Waals surface area contributed by atoms with E-state index in [4.69, 9.17) is 14.1 Å². The molecule has 0 bridgehead atoms. The molecule has 0 aliphatic rings. The van der Waals surface area contributed by atoms with Gasteiger partial charge < -0.3 is 14.3 Å². The Kier molecular flexibility index (Phi) is 5.58. The predicted octanol–water partition coefficient (Wildman–Crippen LogP) is 4.51. The normalized spacial score (nSPS) is 12.0. The van der Waals surface area contributed by atoms with Crippen molar-refractivity contribution in [3.8, 4) is 23.0 Å². The molecule has 0 saturated carbocycles. The minimum absolute atomic E-state index is 0.0621. The minimum atomic E-state index is 0.0621. The fourth-order valence-corrected chi connectivity index (χ4v) is 3.59. The molecule has 2 heterocycles. The number of phenolic OH excluding ortho intramolecular Hbond substituents is 1. The van der Waals surface area contributed by atoms with Crippen LogP contribution in [-0.2, 0) is 6.54 Å². The van der Waals surface area contributed by atoms with Crippen LogP contribution in [0.25, 0.3) is 11.5 Å². The van der Waals surface area contributed by atoms with Crippen molar-refractivity contribution in [3.05, 3.63) is 88.2 Å². The van der Waals surface area contributed by atoms with Gasteiger partial charge in [-0.1, -0.05) is 30.3 Å². The number of hydrogen-bond acceptors (Lipinski definition) is 6. The van der Waals surface area contributed by atoms with Crippen LogP contribution in [0.4, 0.5) is 0 Å². The number of hydrogen-bond donors (Lipinski definition) is 1. The fraction of sp³-hybridized carbons (Fsp3) is 0.0909. The van der Waals surface area contributed by atoms with E-state index >= 15 is 0 Å². The van der Waals surface area contributed by atoms with Gasteiger partial charge in [0.15, 0.2) is 17.3 Å². The lowest BCUT2D eigenvalue weighted by Gasteiger charge is -2.04. The molecule has 2 aromatic carbocycles. The lowest BCUT2D eigenvalue weighted by molar-refractivity contribution is 0.373. The van der Waals surface area contributed by atoms with Crippen molar-refractivity contribution in [1.82, 2.24) is 4.68 Å². The average Bonchev–Trinajstić information content (AvgIpc) is 3.41. The summed E-state index contributed by atoms with van der Waals surface area (Å²) in [5.74, 6) is 1.18. The van der Waals surface area contributed by atoms with Crippen LogP contribution in [0.5, 0.6) is 11.5 Å². The molecular weight excluding hydrogens is 386 g/mol. The number of benzene rings is 2. The molecule has 0 unspecified atom stereocenters. The molecule has 0 spiro atoms. The van der Waals surface area contributed by atoms with E-state index in [1.165, 1.54) is 18.4 Å². The molecule has 7 heteroatoms. The summed E-state index contributed by atoms with van der Waals surface area (Å²) in [6.07, 6.45) is 3.29. The van der Waals surface area contributed by atoms with Crippen LogP contribution < -0.4 is 9.54 Å². The van der Waals surface area contributed by atoms with E-state index < -0.39 is 0 Å². The van der Waals surface area contributed by atoms with Crippen LogP contribution in [0.15, 0.2) is 86.8 Å². The highest BCUT2D eigenvalue weighted by atomic mass is 32.1. The number of thiazole rings is 1. The highest BCUT2D eigenvalue weighted by Crippen LogP contribution is 2.26. The number of phenols is 1. The van der Waals surface area contributed by atoms with E-state index in [1.54, 1.807) is 29.3 Å². The molecule has 29 heavy (non-hydrogen) atoms. The van der Waals surface area contributed by atoms with Gasteiger partial charge in [-0.05, 0) is 41.5 Å². The third-order valence-corrected chi connectivity index (χ3v) is 5.08. The summed E-state index contributed by atoms with van der Waals surface area (Å²) in [5, 5.41) is 16.6. The van der Waals surface area contributed by atoms with Crippen molar-refractivity contribution < 1.29 is 14.3 Å². The van der Waals surface area contributed by atoms with Crippen LogP contribution in [-0.4, -0.2) is 23.1 Å². The van der Waals surface area contributed by atoms with E-state index in [9.17, 15) is 5.11 Å². The molecule has 1 N–H and O–H groups in total. The Bertz CT molecular complexity index is 1180. The zero-order valence-electron chi connectivity index (χ0n) is 15.7. The van der Waals surface area contributed by atoms with Gasteiger partial charge in [0.05, 0.1) is 26.1 Å². The zero-order chi connectivity index (χ0) is 20.1. The van der Waals surface area contributed by atoms with Gasteiger partial charge >= 0.3 is 0 Å². The molecule has 6 nitrogen and oxygen atoms in total. The van der Waals surface area contributed by atoms with Crippen molar-refractivity contribution in [2.45, 2.75) is 6.54 Å². The van der Waals surface area contributed by atoms with Crippen molar-refractivity contribution in [1.29, 1.82) is 0 Å². The summed E-state index contributed by atoms with van der Waals surface area (Å²) in [6, 6.07) is 18.9. The van der Waals surface area contributed by atoms with Crippen molar-refractivity contribution in [3.63, 3.8) is 0 Å². The first kappa shape index (κ1) is 18.8. The van der Waals surface area contributed by atoms with Gasteiger partial charge in [-0.15, -0.1) is 11.3 Å². The van der Waals surface area contributed by atoms with E-state index in [2.05, 4.69) is 5.10 Å². The zero-order valence-corrected chi connectivity index (χ0v) is 16.5. The summed E-state index contributed by atoms with van der Waals surface area (Å²) in [5.41, 5.74) is 2.67. The van der Waals surface area contributed by atoms with Crippen LogP contribution in [0.2, 0.25) is 0 Å². The largest absolute Gasteiger partial charge is 0.504 e. The van der Waals surface area contributed by atoms with Gasteiger partial charge in [-0.3, -0.25) is 4.99 Å². The SMILES string of the molecule is COc1ccc(C=Nn2c(-c3ccco3)csc2=NCc2ccccc2)cc1O. The van der Waals surface area contributed by atoms with Crippen LogP contribution in [0.3, 0.4) is 0 Å². The van der Waals surface area contributed by atoms with Gasteiger partial charge in [0.25, 0.3) is 0 Å². The fourth-order valence-electron chi connectivity index (χ4n) is 2.77. The second-order valence-electron chi connectivity index (χ2n) is 6.17. The Labute approximate surface area is 171 Å². The van der Waals surface area contributed by atoms with E-state index in [0.29, 0.717) is 18.1 Å².